The Hall–Kier alpha value is -2.32. The van der Waals surface area contributed by atoms with Crippen molar-refractivity contribution >= 4 is 56.5 Å². The van der Waals surface area contributed by atoms with E-state index in [1.807, 2.05) is 19.1 Å². The van der Waals surface area contributed by atoms with Crippen molar-refractivity contribution in [1.29, 1.82) is 0 Å². The SMILES string of the molecule is Cc1ccc(NC(=O)CN2C(=O)SC(=Cc3ccc(Br)o3)C2=O)cc1. The van der Waals surface area contributed by atoms with Gasteiger partial charge in [0.1, 0.15) is 12.3 Å². The number of hydrogen-bond acceptors (Lipinski definition) is 5. The molecule has 1 N–H and O–H groups in total. The number of aryl methyl sites for hydroxylation is 1. The second-order valence-corrected chi connectivity index (χ2v) is 7.10. The lowest BCUT2D eigenvalue weighted by molar-refractivity contribution is -0.127. The number of rotatable bonds is 4. The number of benzene rings is 1. The van der Waals surface area contributed by atoms with E-state index in [9.17, 15) is 14.4 Å². The van der Waals surface area contributed by atoms with Gasteiger partial charge in [0.15, 0.2) is 4.67 Å². The summed E-state index contributed by atoms with van der Waals surface area (Å²) in [5.41, 5.74) is 1.68. The van der Waals surface area contributed by atoms with Crippen LogP contribution >= 0.6 is 27.7 Å². The number of furan rings is 1. The van der Waals surface area contributed by atoms with Gasteiger partial charge in [0.05, 0.1) is 4.91 Å². The van der Waals surface area contributed by atoms with E-state index in [0.29, 0.717) is 16.1 Å². The third-order valence-corrected chi connectivity index (χ3v) is 4.71. The van der Waals surface area contributed by atoms with E-state index >= 15 is 0 Å². The van der Waals surface area contributed by atoms with Crippen molar-refractivity contribution in [1.82, 2.24) is 4.90 Å². The van der Waals surface area contributed by atoms with E-state index in [0.717, 1.165) is 22.2 Å². The third kappa shape index (κ3) is 4.21. The molecule has 0 aliphatic carbocycles. The molecular formula is C17H13BrN2O4S. The first-order valence-electron chi connectivity index (χ1n) is 7.29. The maximum Gasteiger partial charge on any atom is 0.294 e. The highest BCUT2D eigenvalue weighted by Gasteiger charge is 2.36. The number of thioether (sulfide) groups is 1. The molecule has 0 saturated carbocycles. The number of nitrogens with zero attached hydrogens (tertiary/aromatic N) is 1. The number of imide groups is 1. The lowest BCUT2D eigenvalue weighted by Gasteiger charge is -2.12. The molecule has 0 atom stereocenters. The Bertz CT molecular complexity index is 873. The van der Waals surface area contributed by atoms with Gasteiger partial charge in [-0.25, -0.2) is 0 Å². The highest BCUT2D eigenvalue weighted by molar-refractivity contribution is 9.10. The summed E-state index contributed by atoms with van der Waals surface area (Å²) < 4.78 is 5.82. The van der Waals surface area contributed by atoms with Crippen LogP contribution in [0.2, 0.25) is 0 Å². The van der Waals surface area contributed by atoms with E-state index in [1.54, 1.807) is 24.3 Å². The minimum Gasteiger partial charge on any atom is -0.450 e. The molecule has 0 unspecified atom stereocenters. The fourth-order valence-corrected chi connectivity index (χ4v) is 3.29. The number of anilines is 1. The third-order valence-electron chi connectivity index (χ3n) is 3.38. The van der Waals surface area contributed by atoms with Crippen LogP contribution in [0.4, 0.5) is 10.5 Å². The largest absolute Gasteiger partial charge is 0.450 e. The van der Waals surface area contributed by atoms with Gasteiger partial charge in [0.25, 0.3) is 11.1 Å². The molecule has 1 aromatic heterocycles. The standard InChI is InChI=1S/C17H13BrN2O4S/c1-10-2-4-11(5-3-10)19-15(21)9-20-16(22)13(25-17(20)23)8-12-6-7-14(18)24-12/h2-8H,9H2,1H3,(H,19,21). The van der Waals surface area contributed by atoms with Gasteiger partial charge in [-0.05, 0) is 58.9 Å². The fraction of sp³-hybridized carbons (Fsp3) is 0.118. The van der Waals surface area contributed by atoms with Crippen LogP contribution in [0, 0.1) is 6.92 Å². The normalized spacial score (nSPS) is 15.9. The Kier molecular flexibility index (Phi) is 5.10. The van der Waals surface area contributed by atoms with Crippen LogP contribution in [0.15, 0.2) is 50.4 Å². The summed E-state index contributed by atoms with van der Waals surface area (Å²) >= 11 is 3.95. The number of carbonyl (C=O) groups excluding carboxylic acids is 3. The second-order valence-electron chi connectivity index (χ2n) is 5.32. The van der Waals surface area contributed by atoms with Crippen molar-refractivity contribution in [2.75, 3.05) is 11.9 Å². The zero-order valence-electron chi connectivity index (χ0n) is 13.1. The van der Waals surface area contributed by atoms with Gasteiger partial charge in [-0.2, -0.15) is 0 Å². The van der Waals surface area contributed by atoms with Crippen LogP contribution in [0.1, 0.15) is 11.3 Å². The smallest absolute Gasteiger partial charge is 0.294 e. The molecule has 3 rings (SSSR count). The average Bonchev–Trinajstić information content (AvgIpc) is 3.08. The molecule has 2 heterocycles. The Morgan fingerprint density at radius 3 is 2.60 bits per heavy atom. The van der Waals surface area contributed by atoms with E-state index < -0.39 is 17.1 Å². The van der Waals surface area contributed by atoms with Crippen molar-refractivity contribution in [3.63, 3.8) is 0 Å². The molecule has 8 heteroatoms. The molecule has 1 fully saturated rings. The molecule has 2 aromatic rings. The number of halogens is 1. The predicted molar refractivity (Wildman–Crippen MR) is 98.9 cm³/mol. The first kappa shape index (κ1) is 17.5. The van der Waals surface area contributed by atoms with Crippen LogP contribution in [-0.4, -0.2) is 28.5 Å². The molecule has 1 aliphatic rings. The first-order valence-corrected chi connectivity index (χ1v) is 8.90. The Morgan fingerprint density at radius 2 is 1.96 bits per heavy atom. The predicted octanol–water partition coefficient (Wildman–Crippen LogP) is 4.03. The monoisotopic (exact) mass is 420 g/mol. The summed E-state index contributed by atoms with van der Waals surface area (Å²) in [5.74, 6) is -0.504. The maximum atomic E-state index is 12.3. The summed E-state index contributed by atoms with van der Waals surface area (Å²) in [4.78, 5) is 37.6. The molecule has 0 radical (unpaired) electrons. The molecule has 0 bridgehead atoms. The Labute approximate surface area is 156 Å². The van der Waals surface area contributed by atoms with Gasteiger partial charge in [-0.3, -0.25) is 19.3 Å². The molecular weight excluding hydrogens is 408 g/mol. The van der Waals surface area contributed by atoms with Crippen LogP contribution in [0.3, 0.4) is 0 Å². The van der Waals surface area contributed by atoms with Crippen LogP contribution in [0.5, 0.6) is 0 Å². The minimum absolute atomic E-state index is 0.218. The summed E-state index contributed by atoms with van der Waals surface area (Å²) in [6, 6.07) is 10.6. The van der Waals surface area contributed by atoms with E-state index in [1.165, 1.54) is 6.08 Å². The van der Waals surface area contributed by atoms with Crippen LogP contribution < -0.4 is 5.32 Å². The zero-order valence-corrected chi connectivity index (χ0v) is 15.5. The van der Waals surface area contributed by atoms with Crippen molar-refractivity contribution in [2.24, 2.45) is 0 Å². The quantitative estimate of drug-likeness (QED) is 0.755. The van der Waals surface area contributed by atoms with Gasteiger partial charge in [-0.1, -0.05) is 17.7 Å². The van der Waals surface area contributed by atoms with Crippen LogP contribution in [0.25, 0.3) is 6.08 Å². The second kappa shape index (κ2) is 7.28. The first-order chi connectivity index (χ1) is 11.9. The van der Waals surface area contributed by atoms with Gasteiger partial charge in [0.2, 0.25) is 5.91 Å². The van der Waals surface area contributed by atoms with E-state index in [2.05, 4.69) is 21.2 Å². The summed E-state index contributed by atoms with van der Waals surface area (Å²) in [5, 5.41) is 2.18. The molecule has 1 aliphatic heterocycles. The molecule has 1 aromatic carbocycles. The molecule has 1 saturated heterocycles. The van der Waals surface area contributed by atoms with Crippen molar-refractivity contribution in [3.05, 3.63) is 57.3 Å². The molecule has 0 spiro atoms. The van der Waals surface area contributed by atoms with Crippen molar-refractivity contribution in [3.8, 4) is 0 Å². The van der Waals surface area contributed by atoms with Crippen molar-refractivity contribution in [2.45, 2.75) is 6.92 Å². The Balaban J connectivity index is 1.67. The molecule has 128 valence electrons. The minimum atomic E-state index is -0.512. The number of amides is 3. The number of nitrogens with one attached hydrogen (secondary N) is 1. The lowest BCUT2D eigenvalue weighted by Crippen LogP contribution is -2.36. The highest BCUT2D eigenvalue weighted by Crippen LogP contribution is 2.32. The van der Waals surface area contributed by atoms with Crippen LogP contribution in [-0.2, 0) is 9.59 Å². The lowest BCUT2D eigenvalue weighted by atomic mass is 10.2. The van der Waals surface area contributed by atoms with Crippen molar-refractivity contribution < 1.29 is 18.8 Å². The zero-order chi connectivity index (χ0) is 18.0. The number of hydrogen-bond donors (Lipinski definition) is 1. The molecule has 6 nitrogen and oxygen atoms in total. The average molecular weight is 421 g/mol. The highest BCUT2D eigenvalue weighted by atomic mass is 79.9. The van der Waals surface area contributed by atoms with Gasteiger partial charge in [0, 0.05) is 11.8 Å². The van der Waals surface area contributed by atoms with Gasteiger partial charge >= 0.3 is 0 Å². The maximum absolute atomic E-state index is 12.3. The summed E-state index contributed by atoms with van der Waals surface area (Å²) in [7, 11) is 0. The molecule has 25 heavy (non-hydrogen) atoms. The topological polar surface area (TPSA) is 79.6 Å². The number of carbonyl (C=O) groups is 3. The Morgan fingerprint density at radius 1 is 1.24 bits per heavy atom. The van der Waals surface area contributed by atoms with Gasteiger partial charge < -0.3 is 9.73 Å². The van der Waals surface area contributed by atoms with E-state index in [4.69, 9.17) is 4.42 Å². The molecule has 3 amide bonds. The van der Waals surface area contributed by atoms with E-state index in [-0.39, 0.29) is 11.4 Å². The summed E-state index contributed by atoms with van der Waals surface area (Å²) in [6.07, 6.45) is 1.48. The fourth-order valence-electron chi connectivity index (χ4n) is 2.15. The van der Waals surface area contributed by atoms with Gasteiger partial charge in [-0.15, -0.1) is 0 Å². The summed E-state index contributed by atoms with van der Waals surface area (Å²) in [6.45, 7) is 1.60.